The first-order chi connectivity index (χ1) is 8.70. The minimum absolute atomic E-state index is 0.629. The molecule has 96 valence electrons. The number of hydrogen-bond acceptors (Lipinski definition) is 2. The average molecular weight is 243 g/mol. The van der Waals surface area contributed by atoms with Gasteiger partial charge >= 0.3 is 0 Å². The Balaban J connectivity index is 2.10. The van der Waals surface area contributed by atoms with Gasteiger partial charge in [-0.25, -0.2) is 0 Å². The first-order valence-electron chi connectivity index (χ1n) is 6.51. The molecule has 0 fully saturated rings. The van der Waals surface area contributed by atoms with Crippen LogP contribution in [-0.2, 0) is 4.74 Å². The summed E-state index contributed by atoms with van der Waals surface area (Å²) in [6.07, 6.45) is 5.27. The Labute approximate surface area is 110 Å². The number of nitrogens with zero attached hydrogens (tertiary/aromatic N) is 1. The lowest BCUT2D eigenvalue weighted by Gasteiger charge is -2.30. The second kappa shape index (κ2) is 5.76. The molecule has 1 aromatic carbocycles. The Kier molecular flexibility index (Phi) is 4.08. The van der Waals surface area contributed by atoms with Crippen molar-refractivity contribution in [2.75, 3.05) is 18.2 Å². The van der Waals surface area contributed by atoms with Gasteiger partial charge in [-0.15, -0.1) is 0 Å². The van der Waals surface area contributed by atoms with Gasteiger partial charge in [-0.3, -0.25) is 0 Å². The van der Waals surface area contributed by atoms with Crippen LogP contribution in [0.15, 0.2) is 47.7 Å². The number of rotatable bonds is 3. The smallest absolute Gasteiger partial charge is 0.161 e. The van der Waals surface area contributed by atoms with Gasteiger partial charge in [-0.05, 0) is 44.1 Å². The topological polar surface area (TPSA) is 12.5 Å². The van der Waals surface area contributed by atoms with E-state index in [1.54, 1.807) is 0 Å². The van der Waals surface area contributed by atoms with E-state index in [-0.39, 0.29) is 0 Å². The van der Waals surface area contributed by atoms with Crippen molar-refractivity contribution in [1.29, 1.82) is 0 Å². The molecule has 1 aliphatic heterocycles. The van der Waals surface area contributed by atoms with Crippen molar-refractivity contribution in [3.63, 3.8) is 0 Å². The van der Waals surface area contributed by atoms with Crippen molar-refractivity contribution in [2.24, 2.45) is 0 Å². The van der Waals surface area contributed by atoms with Crippen LogP contribution >= 0.6 is 0 Å². The lowest BCUT2D eigenvalue weighted by Crippen LogP contribution is -2.32. The highest BCUT2D eigenvalue weighted by Crippen LogP contribution is 2.22. The number of benzene rings is 1. The van der Waals surface area contributed by atoms with Gasteiger partial charge in [0.05, 0.1) is 0 Å². The zero-order chi connectivity index (χ0) is 13.0. The molecule has 0 aromatic heterocycles. The zero-order valence-electron chi connectivity index (χ0n) is 11.4. The number of anilines is 1. The highest BCUT2D eigenvalue weighted by Gasteiger charge is 2.15. The van der Waals surface area contributed by atoms with Crippen LogP contribution in [-0.4, -0.2) is 13.3 Å². The summed E-state index contributed by atoms with van der Waals surface area (Å²) in [6, 6.07) is 8.58. The molecule has 1 heterocycles. The van der Waals surface area contributed by atoms with Crippen molar-refractivity contribution < 1.29 is 4.74 Å². The van der Waals surface area contributed by atoms with Crippen LogP contribution in [0.4, 0.5) is 5.69 Å². The summed E-state index contributed by atoms with van der Waals surface area (Å²) in [7, 11) is 0. The van der Waals surface area contributed by atoms with Gasteiger partial charge in [-0.1, -0.05) is 30.7 Å². The van der Waals surface area contributed by atoms with E-state index < -0.39 is 0 Å². The minimum Gasteiger partial charge on any atom is -0.473 e. The van der Waals surface area contributed by atoms with Crippen molar-refractivity contribution in [2.45, 2.75) is 27.2 Å². The predicted molar refractivity (Wildman–Crippen MR) is 76.6 cm³/mol. The highest BCUT2D eigenvalue weighted by atomic mass is 16.5. The normalized spacial score (nSPS) is 16.3. The zero-order valence-corrected chi connectivity index (χ0v) is 11.4. The van der Waals surface area contributed by atoms with Crippen LogP contribution in [0, 0.1) is 6.92 Å². The van der Waals surface area contributed by atoms with Crippen LogP contribution in [0.25, 0.3) is 0 Å². The predicted octanol–water partition coefficient (Wildman–Crippen LogP) is 4.03. The first kappa shape index (κ1) is 12.7. The monoisotopic (exact) mass is 243 g/mol. The molecule has 0 saturated carbocycles. The van der Waals surface area contributed by atoms with Gasteiger partial charge < -0.3 is 9.64 Å². The molecule has 2 rings (SSSR count). The molecule has 0 atom stereocenters. The molecule has 1 aliphatic rings. The molecule has 0 amide bonds. The molecule has 2 heteroatoms. The Bertz CT molecular complexity index is 456. The summed E-state index contributed by atoms with van der Waals surface area (Å²) in [6.45, 7) is 7.94. The summed E-state index contributed by atoms with van der Waals surface area (Å²) in [5.74, 6) is 1.03. The third-order valence-electron chi connectivity index (χ3n) is 3.13. The maximum absolute atomic E-state index is 5.81. The van der Waals surface area contributed by atoms with E-state index >= 15 is 0 Å². The summed E-state index contributed by atoms with van der Waals surface area (Å²) >= 11 is 0. The molecule has 18 heavy (non-hydrogen) atoms. The first-order valence-corrected chi connectivity index (χ1v) is 6.51. The average Bonchev–Trinajstić information content (AvgIpc) is 2.38. The molecule has 1 aromatic rings. The largest absolute Gasteiger partial charge is 0.473 e. The minimum atomic E-state index is 0.629. The lowest BCUT2D eigenvalue weighted by molar-refractivity contribution is 0.206. The molecule has 0 saturated heterocycles. The van der Waals surface area contributed by atoms with E-state index in [9.17, 15) is 0 Å². The molecule has 0 aliphatic carbocycles. The van der Waals surface area contributed by atoms with Crippen molar-refractivity contribution in [3.05, 3.63) is 53.3 Å². The molecule has 0 radical (unpaired) electrons. The van der Waals surface area contributed by atoms with Crippen molar-refractivity contribution in [1.82, 2.24) is 0 Å². The molecule has 0 N–H and O–H groups in total. The van der Waals surface area contributed by atoms with Crippen LogP contribution in [0.2, 0.25) is 0 Å². The van der Waals surface area contributed by atoms with E-state index in [0.29, 0.717) is 6.73 Å². The van der Waals surface area contributed by atoms with Crippen LogP contribution in [0.5, 0.6) is 0 Å². The van der Waals surface area contributed by atoms with Crippen LogP contribution in [0.3, 0.4) is 0 Å². The second-order valence-electron chi connectivity index (χ2n) is 4.76. The molecule has 0 spiro atoms. The van der Waals surface area contributed by atoms with E-state index in [1.165, 1.54) is 16.8 Å². The van der Waals surface area contributed by atoms with Gasteiger partial charge in [0.1, 0.15) is 5.76 Å². The third kappa shape index (κ3) is 2.95. The third-order valence-corrected chi connectivity index (χ3v) is 3.13. The van der Waals surface area contributed by atoms with Crippen LogP contribution < -0.4 is 4.90 Å². The standard InChI is InChI=1S/C16H21NO/c1-4-5-6-16-14(3)11-17(12-18-16)15-9-7-13(2)8-10-15/h5-10H,4,11-12H2,1-3H3/b6-5-. The number of allylic oxidation sites excluding steroid dienone is 2. The van der Waals surface area contributed by atoms with E-state index in [2.05, 4.69) is 62.1 Å². The molecule has 0 bridgehead atoms. The fourth-order valence-electron chi connectivity index (χ4n) is 2.02. The quantitative estimate of drug-likeness (QED) is 0.794. The fraction of sp³-hybridized carbons (Fsp3) is 0.375. The highest BCUT2D eigenvalue weighted by molar-refractivity contribution is 5.49. The van der Waals surface area contributed by atoms with Crippen molar-refractivity contribution in [3.8, 4) is 0 Å². The number of aryl methyl sites for hydroxylation is 1. The molecular weight excluding hydrogens is 222 g/mol. The Morgan fingerprint density at radius 2 is 1.94 bits per heavy atom. The van der Waals surface area contributed by atoms with E-state index in [1.807, 2.05) is 0 Å². The Hall–Kier alpha value is -1.70. The van der Waals surface area contributed by atoms with Gasteiger partial charge in [0.25, 0.3) is 0 Å². The Morgan fingerprint density at radius 1 is 1.22 bits per heavy atom. The van der Waals surface area contributed by atoms with Gasteiger partial charge in [0, 0.05) is 12.2 Å². The van der Waals surface area contributed by atoms with Crippen LogP contribution in [0.1, 0.15) is 25.8 Å². The number of ether oxygens (including phenoxy) is 1. The molecule has 0 unspecified atom stereocenters. The second-order valence-corrected chi connectivity index (χ2v) is 4.76. The fourth-order valence-corrected chi connectivity index (χ4v) is 2.02. The van der Waals surface area contributed by atoms with Gasteiger partial charge in [-0.2, -0.15) is 0 Å². The maximum Gasteiger partial charge on any atom is 0.161 e. The summed E-state index contributed by atoms with van der Waals surface area (Å²) in [5, 5.41) is 0. The SMILES string of the molecule is CC/C=C\C1=C(C)CN(c2ccc(C)cc2)CO1. The van der Waals surface area contributed by atoms with Gasteiger partial charge in [0.15, 0.2) is 6.73 Å². The number of hydrogen-bond donors (Lipinski definition) is 0. The van der Waals surface area contributed by atoms with Gasteiger partial charge in [0.2, 0.25) is 0 Å². The molecular formula is C16H21NO. The summed E-state index contributed by atoms with van der Waals surface area (Å²) < 4.78 is 5.81. The lowest BCUT2D eigenvalue weighted by atomic mass is 10.1. The van der Waals surface area contributed by atoms with E-state index in [4.69, 9.17) is 4.74 Å². The van der Waals surface area contributed by atoms with E-state index in [0.717, 1.165) is 18.7 Å². The summed E-state index contributed by atoms with van der Waals surface area (Å²) in [5.41, 5.74) is 3.79. The maximum atomic E-state index is 5.81. The Morgan fingerprint density at radius 3 is 2.56 bits per heavy atom. The van der Waals surface area contributed by atoms with Crippen molar-refractivity contribution >= 4 is 5.69 Å². The summed E-state index contributed by atoms with van der Waals surface area (Å²) in [4.78, 5) is 2.25. The molecule has 2 nitrogen and oxygen atoms in total.